The van der Waals surface area contributed by atoms with Crippen LogP contribution in [0.3, 0.4) is 0 Å². The van der Waals surface area contributed by atoms with Gasteiger partial charge in [0, 0.05) is 0 Å². The Balaban J connectivity index is 2.34. The molecule has 0 amide bonds. The maximum Gasteiger partial charge on any atom is 0.357 e. The molecule has 0 aromatic heterocycles. The number of alkyl halides is 1. The third-order valence-electron chi connectivity index (χ3n) is 3.07. The molecule has 1 aromatic carbocycles. The summed E-state index contributed by atoms with van der Waals surface area (Å²) < 4.78 is 28.2. The molecule has 1 saturated heterocycles. The molecule has 18 heavy (non-hydrogen) atoms. The van der Waals surface area contributed by atoms with Gasteiger partial charge in [-0.15, -0.1) is 0 Å². The molecule has 0 aliphatic carbocycles. The summed E-state index contributed by atoms with van der Waals surface area (Å²) in [7, 11) is 2.58. The van der Waals surface area contributed by atoms with Crippen LogP contribution in [-0.4, -0.2) is 25.2 Å². The first kappa shape index (κ1) is 13.1. The second-order valence-electron chi connectivity index (χ2n) is 4.07. The van der Waals surface area contributed by atoms with Crippen molar-refractivity contribution in [2.45, 2.75) is 17.6 Å². The zero-order chi connectivity index (χ0) is 13.6. The lowest BCUT2D eigenvalue weighted by atomic mass is 9.96. The monoisotopic (exact) mass is 274 g/mol. The number of benzene rings is 1. The molecule has 0 saturated carbocycles. The number of carbonyl (C=O) groups is 1. The van der Waals surface area contributed by atoms with Crippen LogP contribution >= 0.6 is 11.6 Å². The molecule has 98 valence electrons. The topological polar surface area (TPSA) is 48.1 Å². The van der Waals surface area contributed by atoms with E-state index in [1.807, 2.05) is 0 Å². The summed E-state index contributed by atoms with van der Waals surface area (Å²) in [6.07, 6.45) is 0. The van der Waals surface area contributed by atoms with Crippen LogP contribution in [0.15, 0.2) is 18.2 Å². The van der Waals surface area contributed by atoms with E-state index in [1.54, 1.807) is 13.0 Å². The normalized spacial score (nSPS) is 29.8. The van der Waals surface area contributed by atoms with Crippen molar-refractivity contribution in [3.63, 3.8) is 0 Å². The van der Waals surface area contributed by atoms with Crippen molar-refractivity contribution in [3.8, 4) is 5.75 Å². The Morgan fingerprint density at radius 2 is 2.11 bits per heavy atom. The smallest absolute Gasteiger partial charge is 0.357 e. The van der Waals surface area contributed by atoms with Gasteiger partial charge in [0.05, 0.1) is 14.2 Å². The Kier molecular flexibility index (Phi) is 2.99. The SMILES string of the molecule is COC(=O)C1(Cl)OC1(C)c1ccc(OC)c(F)c1. The number of carbonyl (C=O) groups excluding carboxylic acids is 1. The van der Waals surface area contributed by atoms with Crippen LogP contribution in [0.1, 0.15) is 12.5 Å². The molecule has 2 unspecified atom stereocenters. The molecule has 0 spiro atoms. The predicted octanol–water partition coefficient (Wildman–Crippen LogP) is 2.19. The zero-order valence-electron chi connectivity index (χ0n) is 10.1. The highest BCUT2D eigenvalue weighted by molar-refractivity contribution is 6.35. The minimum absolute atomic E-state index is 0.112. The van der Waals surface area contributed by atoms with Crippen molar-refractivity contribution >= 4 is 17.6 Å². The van der Waals surface area contributed by atoms with Gasteiger partial charge in [-0.3, -0.25) is 0 Å². The average Bonchev–Trinajstić information content (AvgIpc) is 2.94. The van der Waals surface area contributed by atoms with Crippen molar-refractivity contribution in [2.24, 2.45) is 0 Å². The van der Waals surface area contributed by atoms with Gasteiger partial charge in [0.2, 0.25) is 0 Å². The number of epoxide rings is 1. The molecular formula is C12H12ClFO4. The molecule has 1 fully saturated rings. The largest absolute Gasteiger partial charge is 0.494 e. The van der Waals surface area contributed by atoms with Gasteiger partial charge in [-0.05, 0) is 24.6 Å². The fraction of sp³-hybridized carbons (Fsp3) is 0.417. The van der Waals surface area contributed by atoms with E-state index >= 15 is 0 Å². The summed E-state index contributed by atoms with van der Waals surface area (Å²) in [5, 5.41) is -1.59. The summed E-state index contributed by atoms with van der Waals surface area (Å²) in [5.74, 6) is -1.14. The van der Waals surface area contributed by atoms with E-state index in [-0.39, 0.29) is 5.75 Å². The highest BCUT2D eigenvalue weighted by atomic mass is 35.5. The molecular weight excluding hydrogens is 263 g/mol. The molecule has 1 heterocycles. The minimum atomic E-state index is -1.59. The zero-order valence-corrected chi connectivity index (χ0v) is 10.9. The van der Waals surface area contributed by atoms with Gasteiger partial charge < -0.3 is 14.2 Å². The summed E-state index contributed by atoms with van der Waals surface area (Å²) in [4.78, 5) is 11.5. The highest BCUT2D eigenvalue weighted by Gasteiger charge is 2.73. The molecule has 1 aliphatic heterocycles. The van der Waals surface area contributed by atoms with Crippen LogP contribution in [0, 0.1) is 5.82 Å². The van der Waals surface area contributed by atoms with Gasteiger partial charge in [0.15, 0.2) is 11.6 Å². The number of ether oxygens (including phenoxy) is 3. The summed E-state index contributed by atoms with van der Waals surface area (Å²) in [5.41, 5.74) is -0.657. The maximum atomic E-state index is 13.6. The predicted molar refractivity (Wildman–Crippen MR) is 62.0 cm³/mol. The quantitative estimate of drug-likeness (QED) is 0.482. The summed E-state index contributed by atoms with van der Waals surface area (Å²) in [6, 6.07) is 4.27. The molecule has 2 atom stereocenters. The van der Waals surface area contributed by atoms with Gasteiger partial charge in [-0.2, -0.15) is 0 Å². The Hall–Kier alpha value is -1.33. The standard InChI is InChI=1S/C12H12ClFO4/c1-11(12(13,18-11)10(15)17-3)7-4-5-9(16-2)8(14)6-7/h4-6H,1-3H3. The molecule has 2 rings (SSSR count). The molecule has 1 aliphatic rings. The van der Waals surface area contributed by atoms with Crippen LogP contribution in [0.4, 0.5) is 4.39 Å². The lowest BCUT2D eigenvalue weighted by Crippen LogP contribution is -2.27. The second-order valence-corrected chi connectivity index (χ2v) is 4.60. The number of rotatable bonds is 3. The maximum absolute atomic E-state index is 13.6. The summed E-state index contributed by atoms with van der Waals surface area (Å²) in [6.45, 7) is 1.60. The number of halogens is 2. The first-order valence-electron chi connectivity index (χ1n) is 5.20. The molecule has 0 bridgehead atoms. The Morgan fingerprint density at radius 3 is 2.61 bits per heavy atom. The van der Waals surface area contributed by atoms with E-state index in [1.165, 1.54) is 26.4 Å². The lowest BCUT2D eigenvalue weighted by molar-refractivity contribution is -0.143. The van der Waals surface area contributed by atoms with E-state index < -0.39 is 22.4 Å². The van der Waals surface area contributed by atoms with Crippen LogP contribution in [0.2, 0.25) is 0 Å². The molecule has 6 heteroatoms. The van der Waals surface area contributed by atoms with Crippen molar-refractivity contribution in [1.82, 2.24) is 0 Å². The van der Waals surface area contributed by atoms with Gasteiger partial charge in [0.25, 0.3) is 5.06 Å². The van der Waals surface area contributed by atoms with Crippen molar-refractivity contribution in [1.29, 1.82) is 0 Å². The van der Waals surface area contributed by atoms with Crippen LogP contribution in [0.5, 0.6) is 5.75 Å². The van der Waals surface area contributed by atoms with Crippen LogP contribution in [0.25, 0.3) is 0 Å². The lowest BCUT2D eigenvalue weighted by Gasteiger charge is -2.11. The first-order valence-corrected chi connectivity index (χ1v) is 5.58. The van der Waals surface area contributed by atoms with E-state index in [9.17, 15) is 9.18 Å². The Labute approximate surface area is 109 Å². The average molecular weight is 275 g/mol. The molecule has 4 nitrogen and oxygen atoms in total. The highest BCUT2D eigenvalue weighted by Crippen LogP contribution is 2.59. The van der Waals surface area contributed by atoms with Gasteiger partial charge in [-0.25, -0.2) is 9.18 Å². The van der Waals surface area contributed by atoms with E-state index in [4.69, 9.17) is 21.1 Å². The molecule has 0 N–H and O–H groups in total. The third-order valence-corrected chi connectivity index (χ3v) is 3.66. The number of hydrogen-bond donors (Lipinski definition) is 0. The van der Waals surface area contributed by atoms with Crippen molar-refractivity contribution in [3.05, 3.63) is 29.6 Å². The fourth-order valence-electron chi connectivity index (χ4n) is 1.83. The van der Waals surface area contributed by atoms with Gasteiger partial charge >= 0.3 is 5.97 Å². The number of methoxy groups -OCH3 is 2. The van der Waals surface area contributed by atoms with E-state index in [2.05, 4.69) is 4.74 Å². The van der Waals surface area contributed by atoms with Crippen molar-refractivity contribution < 1.29 is 23.4 Å². The van der Waals surface area contributed by atoms with Crippen LogP contribution in [-0.2, 0) is 19.9 Å². The van der Waals surface area contributed by atoms with Crippen LogP contribution < -0.4 is 4.74 Å². The van der Waals surface area contributed by atoms with E-state index in [0.29, 0.717) is 5.56 Å². The van der Waals surface area contributed by atoms with E-state index in [0.717, 1.165) is 0 Å². The summed E-state index contributed by atoms with van der Waals surface area (Å²) >= 11 is 6.01. The number of hydrogen-bond acceptors (Lipinski definition) is 4. The van der Waals surface area contributed by atoms with Gasteiger partial charge in [0.1, 0.15) is 5.60 Å². The van der Waals surface area contributed by atoms with Gasteiger partial charge in [-0.1, -0.05) is 17.7 Å². The number of esters is 1. The fourth-order valence-corrected chi connectivity index (χ4v) is 2.17. The molecule has 1 aromatic rings. The minimum Gasteiger partial charge on any atom is -0.494 e. The molecule has 0 radical (unpaired) electrons. The Bertz CT molecular complexity index is 507. The Morgan fingerprint density at radius 1 is 1.44 bits per heavy atom. The van der Waals surface area contributed by atoms with Crippen molar-refractivity contribution in [2.75, 3.05) is 14.2 Å². The second kappa shape index (κ2) is 4.10. The third kappa shape index (κ3) is 1.66. The first-order chi connectivity index (χ1) is 8.39.